The van der Waals surface area contributed by atoms with E-state index in [2.05, 4.69) is 38.3 Å². The Labute approximate surface area is 182 Å². The van der Waals surface area contributed by atoms with Gasteiger partial charge in [-0.15, -0.1) is 0 Å². The Balaban J connectivity index is 1.13. The number of amides is 1. The molecule has 1 amide bonds. The molecule has 0 radical (unpaired) electrons. The molecule has 0 atom stereocenters. The summed E-state index contributed by atoms with van der Waals surface area (Å²) in [6.07, 6.45) is 5.52. The highest BCUT2D eigenvalue weighted by atomic mass is 16.5. The van der Waals surface area contributed by atoms with Crippen molar-refractivity contribution in [2.24, 2.45) is 0 Å². The van der Waals surface area contributed by atoms with E-state index < -0.39 is 0 Å². The van der Waals surface area contributed by atoms with Crippen molar-refractivity contribution in [2.75, 3.05) is 44.2 Å². The first-order valence-corrected chi connectivity index (χ1v) is 10.7. The summed E-state index contributed by atoms with van der Waals surface area (Å²) in [5.74, 6) is 1.79. The predicted molar refractivity (Wildman–Crippen MR) is 119 cm³/mol. The van der Waals surface area contributed by atoms with Gasteiger partial charge in [-0.05, 0) is 42.3 Å². The molecule has 0 aliphatic carbocycles. The van der Waals surface area contributed by atoms with E-state index in [0.29, 0.717) is 18.7 Å². The molecule has 1 N–H and O–H groups in total. The summed E-state index contributed by atoms with van der Waals surface area (Å²) in [6.45, 7) is 6.10. The first-order valence-electron chi connectivity index (χ1n) is 10.7. The number of anilines is 1. The van der Waals surface area contributed by atoms with Gasteiger partial charge in [0, 0.05) is 45.5 Å². The lowest BCUT2D eigenvalue weighted by Gasteiger charge is -2.35. The zero-order valence-corrected chi connectivity index (χ0v) is 17.6. The number of hydrogen-bond donors (Lipinski definition) is 1. The number of ether oxygens (including phenoxy) is 1. The van der Waals surface area contributed by atoms with Crippen LogP contribution in [0.15, 0.2) is 71.7 Å². The van der Waals surface area contributed by atoms with E-state index in [4.69, 9.17) is 9.15 Å². The fraction of sp³-hybridized carbons (Fsp3) is 0.333. The van der Waals surface area contributed by atoms with Gasteiger partial charge in [0.1, 0.15) is 17.8 Å². The average Bonchev–Trinajstić information content (AvgIpc) is 3.36. The van der Waals surface area contributed by atoms with Gasteiger partial charge >= 0.3 is 0 Å². The van der Waals surface area contributed by atoms with Gasteiger partial charge in [0.15, 0.2) is 0 Å². The first kappa shape index (κ1) is 20.9. The number of rotatable bonds is 9. The van der Waals surface area contributed by atoms with Gasteiger partial charge in [0.2, 0.25) is 0 Å². The number of hydrogen-bond acceptors (Lipinski definition) is 6. The van der Waals surface area contributed by atoms with Gasteiger partial charge < -0.3 is 19.4 Å². The Morgan fingerprint density at radius 2 is 1.90 bits per heavy atom. The lowest BCUT2D eigenvalue weighted by atomic mass is 10.2. The number of piperazine rings is 1. The second-order valence-corrected chi connectivity index (χ2v) is 7.57. The molecular formula is C24H28N4O3. The predicted octanol–water partition coefficient (Wildman–Crippen LogP) is 3.20. The highest BCUT2D eigenvalue weighted by molar-refractivity contribution is 5.93. The van der Waals surface area contributed by atoms with E-state index in [0.717, 1.165) is 50.7 Å². The van der Waals surface area contributed by atoms with Crippen LogP contribution in [0.4, 0.5) is 5.82 Å². The zero-order valence-electron chi connectivity index (χ0n) is 17.6. The largest absolute Gasteiger partial charge is 0.494 e. The highest BCUT2D eigenvalue weighted by Gasteiger charge is 2.17. The van der Waals surface area contributed by atoms with Gasteiger partial charge in [-0.2, -0.15) is 0 Å². The third kappa shape index (κ3) is 6.08. The van der Waals surface area contributed by atoms with E-state index >= 15 is 0 Å². The number of nitrogens with one attached hydrogen (secondary N) is 1. The second-order valence-electron chi connectivity index (χ2n) is 7.57. The summed E-state index contributed by atoms with van der Waals surface area (Å²) < 4.78 is 10.7. The van der Waals surface area contributed by atoms with Gasteiger partial charge in [-0.3, -0.25) is 9.69 Å². The Morgan fingerprint density at radius 3 is 2.61 bits per heavy atom. The van der Waals surface area contributed by atoms with E-state index in [1.807, 2.05) is 30.5 Å². The molecule has 3 aromatic rings. The molecule has 0 saturated carbocycles. The molecule has 162 valence electrons. The standard InChI is InChI=1S/C24H28N4O3/c29-24(21-9-17-30-19-21)26-11-3-16-31-22-7-5-20(6-8-22)18-27-12-14-28(15-13-27)23-4-1-2-10-25-23/h1-2,4-10,17,19H,3,11-16,18H2,(H,26,29). The van der Waals surface area contributed by atoms with Crippen LogP contribution < -0.4 is 15.0 Å². The summed E-state index contributed by atoms with van der Waals surface area (Å²) in [5, 5.41) is 2.85. The van der Waals surface area contributed by atoms with Crippen molar-refractivity contribution in [3.63, 3.8) is 0 Å². The van der Waals surface area contributed by atoms with Crippen LogP contribution in [-0.2, 0) is 6.54 Å². The molecule has 1 aromatic carbocycles. The van der Waals surface area contributed by atoms with Crippen molar-refractivity contribution >= 4 is 11.7 Å². The van der Waals surface area contributed by atoms with Gasteiger partial charge in [-0.25, -0.2) is 4.98 Å². The Hall–Kier alpha value is -3.32. The molecule has 3 heterocycles. The van der Waals surface area contributed by atoms with Crippen LogP contribution in [0.3, 0.4) is 0 Å². The summed E-state index contributed by atoms with van der Waals surface area (Å²) >= 11 is 0. The number of furan rings is 1. The maximum absolute atomic E-state index is 11.8. The van der Waals surface area contributed by atoms with Gasteiger partial charge in [0.25, 0.3) is 5.91 Å². The minimum atomic E-state index is -0.126. The molecule has 1 saturated heterocycles. The van der Waals surface area contributed by atoms with Crippen LogP contribution >= 0.6 is 0 Å². The lowest BCUT2D eigenvalue weighted by Crippen LogP contribution is -2.46. The molecule has 0 bridgehead atoms. The minimum absolute atomic E-state index is 0.126. The molecule has 7 heteroatoms. The monoisotopic (exact) mass is 420 g/mol. The van der Waals surface area contributed by atoms with Crippen molar-refractivity contribution in [3.05, 3.63) is 78.4 Å². The number of nitrogens with zero attached hydrogens (tertiary/aromatic N) is 3. The van der Waals surface area contributed by atoms with E-state index in [1.54, 1.807) is 6.07 Å². The Kier molecular flexibility index (Phi) is 7.18. The summed E-state index contributed by atoms with van der Waals surface area (Å²) in [6, 6.07) is 16.0. The van der Waals surface area contributed by atoms with Crippen molar-refractivity contribution in [1.82, 2.24) is 15.2 Å². The maximum atomic E-state index is 11.8. The molecule has 0 spiro atoms. The van der Waals surface area contributed by atoms with E-state index in [1.165, 1.54) is 18.1 Å². The minimum Gasteiger partial charge on any atom is -0.494 e. The zero-order chi connectivity index (χ0) is 21.3. The van der Waals surface area contributed by atoms with Crippen LogP contribution in [0.2, 0.25) is 0 Å². The molecule has 1 aliphatic rings. The van der Waals surface area contributed by atoms with E-state index in [9.17, 15) is 4.79 Å². The molecule has 2 aromatic heterocycles. The smallest absolute Gasteiger partial charge is 0.254 e. The molecule has 0 unspecified atom stereocenters. The molecule has 1 aliphatic heterocycles. The van der Waals surface area contributed by atoms with Gasteiger partial charge in [-0.1, -0.05) is 18.2 Å². The van der Waals surface area contributed by atoms with Crippen LogP contribution in [0.1, 0.15) is 22.3 Å². The summed E-state index contributed by atoms with van der Waals surface area (Å²) in [7, 11) is 0. The molecule has 31 heavy (non-hydrogen) atoms. The first-order chi connectivity index (χ1) is 15.3. The van der Waals surface area contributed by atoms with Crippen molar-refractivity contribution in [2.45, 2.75) is 13.0 Å². The molecular weight excluding hydrogens is 392 g/mol. The van der Waals surface area contributed by atoms with Gasteiger partial charge in [0.05, 0.1) is 18.4 Å². The third-order valence-electron chi connectivity index (χ3n) is 5.33. The second kappa shape index (κ2) is 10.6. The number of aromatic nitrogens is 1. The van der Waals surface area contributed by atoms with E-state index in [-0.39, 0.29) is 5.91 Å². The number of benzene rings is 1. The number of carbonyl (C=O) groups is 1. The SMILES string of the molecule is O=C(NCCCOc1ccc(CN2CCN(c3ccccn3)CC2)cc1)c1ccoc1. The summed E-state index contributed by atoms with van der Waals surface area (Å²) in [4.78, 5) is 21.1. The molecule has 7 nitrogen and oxygen atoms in total. The van der Waals surface area contributed by atoms with Crippen molar-refractivity contribution in [3.8, 4) is 5.75 Å². The Bertz CT molecular complexity index is 921. The fourth-order valence-electron chi connectivity index (χ4n) is 3.59. The van der Waals surface area contributed by atoms with Crippen LogP contribution in [0.25, 0.3) is 0 Å². The number of pyridine rings is 1. The average molecular weight is 421 g/mol. The lowest BCUT2D eigenvalue weighted by molar-refractivity contribution is 0.0951. The summed E-state index contributed by atoms with van der Waals surface area (Å²) in [5.41, 5.74) is 1.82. The highest BCUT2D eigenvalue weighted by Crippen LogP contribution is 2.17. The Morgan fingerprint density at radius 1 is 1.06 bits per heavy atom. The molecule has 4 rings (SSSR count). The fourth-order valence-corrected chi connectivity index (χ4v) is 3.59. The van der Waals surface area contributed by atoms with Crippen molar-refractivity contribution < 1.29 is 13.9 Å². The van der Waals surface area contributed by atoms with Crippen LogP contribution in [-0.4, -0.2) is 55.1 Å². The maximum Gasteiger partial charge on any atom is 0.254 e. The topological polar surface area (TPSA) is 70.8 Å². The normalized spacial score (nSPS) is 14.4. The number of carbonyl (C=O) groups excluding carboxylic acids is 1. The van der Waals surface area contributed by atoms with Crippen molar-refractivity contribution in [1.29, 1.82) is 0 Å². The quantitative estimate of drug-likeness (QED) is 0.536. The van der Waals surface area contributed by atoms with Crippen LogP contribution in [0, 0.1) is 0 Å². The van der Waals surface area contributed by atoms with Crippen LogP contribution in [0.5, 0.6) is 5.75 Å². The third-order valence-corrected chi connectivity index (χ3v) is 5.33. The molecule has 1 fully saturated rings.